The number of aryl methyl sites for hydroxylation is 1. The van der Waals surface area contributed by atoms with Crippen LogP contribution in [0.3, 0.4) is 0 Å². The van der Waals surface area contributed by atoms with Crippen LogP contribution in [0.25, 0.3) is 0 Å². The number of amides is 2. The van der Waals surface area contributed by atoms with Gasteiger partial charge in [-0.15, -0.1) is 0 Å². The smallest absolute Gasteiger partial charge is 0.262 e. The Labute approximate surface area is 213 Å². The molecule has 0 bridgehead atoms. The van der Waals surface area contributed by atoms with Gasteiger partial charge < -0.3 is 5.32 Å². The van der Waals surface area contributed by atoms with E-state index in [0.717, 1.165) is 16.8 Å². The Balaban J connectivity index is 1.37. The van der Waals surface area contributed by atoms with Gasteiger partial charge in [0.2, 0.25) is 5.91 Å². The number of thioether (sulfide) groups is 1. The van der Waals surface area contributed by atoms with E-state index in [0.29, 0.717) is 22.3 Å². The molecule has 1 N–H and O–H groups in total. The highest BCUT2D eigenvalue weighted by Crippen LogP contribution is 2.40. The molecule has 0 aromatic heterocycles. The summed E-state index contributed by atoms with van der Waals surface area (Å²) < 4.78 is 0. The molecule has 0 saturated carbocycles. The lowest BCUT2D eigenvalue weighted by molar-refractivity contribution is -0.121. The fourth-order valence-corrected chi connectivity index (χ4v) is 5.42. The fourth-order valence-electron chi connectivity index (χ4n) is 4.10. The van der Waals surface area contributed by atoms with Crippen LogP contribution in [0.1, 0.15) is 35.6 Å². The van der Waals surface area contributed by atoms with Gasteiger partial charge in [-0.1, -0.05) is 89.6 Å². The van der Waals surface area contributed by atoms with Gasteiger partial charge in [-0.05, 0) is 36.2 Å². The molecule has 2 aliphatic heterocycles. The Morgan fingerprint density at radius 3 is 2.51 bits per heavy atom. The zero-order chi connectivity index (χ0) is 24.4. The topological polar surface area (TPSA) is 74.1 Å². The second-order valence-corrected chi connectivity index (χ2v) is 10.0. The molecule has 8 heteroatoms. The van der Waals surface area contributed by atoms with Crippen LogP contribution in [-0.2, 0) is 9.59 Å². The minimum absolute atomic E-state index is 0.0323. The lowest BCUT2D eigenvalue weighted by atomic mass is 9.98. The van der Waals surface area contributed by atoms with Gasteiger partial charge in [0, 0.05) is 23.6 Å². The average molecular weight is 503 g/mol. The van der Waals surface area contributed by atoms with Gasteiger partial charge in [0.25, 0.3) is 5.91 Å². The van der Waals surface area contributed by atoms with Crippen LogP contribution >= 0.6 is 23.4 Å². The Morgan fingerprint density at radius 1 is 1.06 bits per heavy atom. The number of carbonyl (C=O) groups is 2. The maximum atomic E-state index is 12.7. The first-order valence-corrected chi connectivity index (χ1v) is 12.6. The molecule has 2 amide bonds. The molecule has 0 aliphatic carbocycles. The normalized spacial score (nSPS) is 19.5. The summed E-state index contributed by atoms with van der Waals surface area (Å²) in [4.78, 5) is 29.6. The van der Waals surface area contributed by atoms with E-state index >= 15 is 0 Å². The van der Waals surface area contributed by atoms with Gasteiger partial charge in [-0.3, -0.25) is 9.59 Å². The lowest BCUT2D eigenvalue weighted by Crippen LogP contribution is -2.25. The first-order valence-electron chi connectivity index (χ1n) is 11.3. The number of aliphatic imine (C=N–C) groups is 1. The Morgan fingerprint density at radius 2 is 1.77 bits per heavy atom. The van der Waals surface area contributed by atoms with Crippen LogP contribution in [-0.4, -0.2) is 33.0 Å². The summed E-state index contributed by atoms with van der Waals surface area (Å²) in [6, 6.07) is 24.8. The van der Waals surface area contributed by atoms with E-state index in [2.05, 4.69) is 22.4 Å². The zero-order valence-corrected chi connectivity index (χ0v) is 20.6. The summed E-state index contributed by atoms with van der Waals surface area (Å²) in [5, 5.41) is 10.0. The highest BCUT2D eigenvalue weighted by Gasteiger charge is 2.39. The van der Waals surface area contributed by atoms with Crippen LogP contribution in [0.15, 0.2) is 89.0 Å². The number of para-hydroxylation sites is 1. The van der Waals surface area contributed by atoms with Crippen LogP contribution in [0, 0.1) is 6.92 Å². The van der Waals surface area contributed by atoms with Gasteiger partial charge in [0.1, 0.15) is 5.25 Å². The quantitative estimate of drug-likeness (QED) is 0.476. The van der Waals surface area contributed by atoms with Gasteiger partial charge >= 0.3 is 0 Å². The van der Waals surface area contributed by atoms with Crippen molar-refractivity contribution in [1.29, 1.82) is 0 Å². The van der Waals surface area contributed by atoms with Crippen LogP contribution in [0.4, 0.5) is 5.69 Å². The number of carbonyl (C=O) groups excluding carboxylic acids is 2. The van der Waals surface area contributed by atoms with Crippen LogP contribution in [0.2, 0.25) is 5.02 Å². The number of nitrogens with zero attached hydrogens (tertiary/aromatic N) is 3. The van der Waals surface area contributed by atoms with E-state index in [1.165, 1.54) is 17.3 Å². The minimum Gasteiger partial charge on any atom is -0.326 e. The van der Waals surface area contributed by atoms with Gasteiger partial charge in [-0.2, -0.15) is 10.1 Å². The van der Waals surface area contributed by atoms with Crippen molar-refractivity contribution in [2.45, 2.75) is 31.1 Å². The van der Waals surface area contributed by atoms with Crippen molar-refractivity contribution >= 4 is 51.7 Å². The monoisotopic (exact) mass is 502 g/mol. The molecular weight excluding hydrogens is 480 g/mol. The van der Waals surface area contributed by atoms with Crippen LogP contribution < -0.4 is 5.32 Å². The Bertz CT molecular complexity index is 1320. The molecule has 176 valence electrons. The summed E-state index contributed by atoms with van der Waals surface area (Å²) in [6.45, 7) is 2.04. The molecular formula is C27H23ClN4O2S. The Kier molecular flexibility index (Phi) is 6.70. The summed E-state index contributed by atoms with van der Waals surface area (Å²) in [7, 11) is 0. The second kappa shape index (κ2) is 10.1. The third-order valence-corrected chi connectivity index (χ3v) is 7.40. The molecule has 2 atom stereocenters. The largest absolute Gasteiger partial charge is 0.326 e. The number of hydrazone groups is 1. The van der Waals surface area contributed by atoms with Crippen molar-refractivity contribution in [1.82, 2.24) is 5.01 Å². The standard InChI is InChI=1S/C27H23ClN4O2S/c1-17-11-13-18(14-12-17)22-15-23(20-9-5-6-10-21(20)28)32(31-22)27-30-26(34)24(35-27)16-25(33)29-19-7-3-2-4-8-19/h2-14,23-24H,15-16H2,1H3,(H,29,33). The summed E-state index contributed by atoms with van der Waals surface area (Å²) in [6.07, 6.45) is 0.657. The summed E-state index contributed by atoms with van der Waals surface area (Å²) in [5.41, 5.74) is 4.70. The molecule has 3 aromatic rings. The predicted molar refractivity (Wildman–Crippen MR) is 142 cm³/mol. The molecule has 2 heterocycles. The van der Waals surface area contributed by atoms with Crippen molar-refractivity contribution in [3.63, 3.8) is 0 Å². The average Bonchev–Trinajstić information content (AvgIpc) is 3.44. The minimum atomic E-state index is -0.598. The molecule has 35 heavy (non-hydrogen) atoms. The van der Waals surface area contributed by atoms with E-state index in [-0.39, 0.29) is 24.3 Å². The number of benzene rings is 3. The third-order valence-electron chi connectivity index (χ3n) is 5.91. The Hall–Kier alpha value is -3.42. The number of halogens is 1. The van der Waals surface area contributed by atoms with Crippen molar-refractivity contribution in [2.24, 2.45) is 10.1 Å². The maximum absolute atomic E-state index is 12.7. The number of hydrogen-bond donors (Lipinski definition) is 1. The molecule has 5 rings (SSSR count). The third kappa shape index (κ3) is 5.16. The molecule has 6 nitrogen and oxygen atoms in total. The van der Waals surface area contributed by atoms with Crippen molar-refractivity contribution in [2.75, 3.05) is 5.32 Å². The van der Waals surface area contributed by atoms with E-state index in [9.17, 15) is 9.59 Å². The second-order valence-electron chi connectivity index (χ2n) is 8.46. The highest BCUT2D eigenvalue weighted by molar-refractivity contribution is 8.15. The lowest BCUT2D eigenvalue weighted by Gasteiger charge is -2.23. The molecule has 0 saturated heterocycles. The van der Waals surface area contributed by atoms with Gasteiger partial charge in [0.05, 0.1) is 11.8 Å². The van der Waals surface area contributed by atoms with Crippen LogP contribution in [0.5, 0.6) is 0 Å². The number of nitrogens with one attached hydrogen (secondary N) is 1. The molecule has 2 aliphatic rings. The molecule has 3 aromatic carbocycles. The summed E-state index contributed by atoms with van der Waals surface area (Å²) in [5.74, 6) is -0.559. The van der Waals surface area contributed by atoms with Crippen molar-refractivity contribution in [3.05, 3.63) is 101 Å². The van der Waals surface area contributed by atoms with E-state index in [4.69, 9.17) is 16.7 Å². The van der Waals surface area contributed by atoms with Gasteiger partial charge in [0.15, 0.2) is 5.17 Å². The van der Waals surface area contributed by atoms with Gasteiger partial charge in [-0.25, -0.2) is 5.01 Å². The first kappa shape index (κ1) is 23.3. The zero-order valence-electron chi connectivity index (χ0n) is 19.0. The molecule has 2 unspecified atom stereocenters. The molecule has 0 radical (unpaired) electrons. The number of anilines is 1. The first-order chi connectivity index (χ1) is 17.0. The SMILES string of the molecule is Cc1ccc(C2=NN(C3=NC(=O)C(CC(=O)Nc4ccccc4)S3)C(c3ccccc3Cl)C2)cc1. The van der Waals surface area contributed by atoms with E-state index < -0.39 is 5.25 Å². The molecule has 0 spiro atoms. The predicted octanol–water partition coefficient (Wildman–Crippen LogP) is 5.83. The van der Waals surface area contributed by atoms with Crippen molar-refractivity contribution < 1.29 is 9.59 Å². The summed E-state index contributed by atoms with van der Waals surface area (Å²) >= 11 is 7.82. The fraction of sp³-hybridized carbons (Fsp3) is 0.185. The number of amidine groups is 1. The van der Waals surface area contributed by atoms with E-state index in [1.54, 1.807) is 5.01 Å². The number of rotatable bonds is 5. The maximum Gasteiger partial charge on any atom is 0.262 e. The number of hydrogen-bond acceptors (Lipinski definition) is 5. The van der Waals surface area contributed by atoms with E-state index in [1.807, 2.05) is 73.7 Å². The molecule has 0 fully saturated rings. The highest BCUT2D eigenvalue weighted by atomic mass is 35.5. The van der Waals surface area contributed by atoms with Crippen molar-refractivity contribution in [3.8, 4) is 0 Å².